The van der Waals surface area contributed by atoms with Crippen molar-refractivity contribution in [1.29, 1.82) is 0 Å². The van der Waals surface area contributed by atoms with Crippen molar-refractivity contribution in [2.24, 2.45) is 0 Å². The molecule has 3 heterocycles. The Morgan fingerprint density at radius 3 is 2.73 bits per heavy atom. The third kappa shape index (κ3) is 3.77. The van der Waals surface area contributed by atoms with Crippen LogP contribution in [0.2, 0.25) is 0 Å². The first-order valence-electron chi connectivity index (χ1n) is 9.45. The van der Waals surface area contributed by atoms with Crippen molar-refractivity contribution >= 4 is 0 Å². The average Bonchev–Trinajstić information content (AvgIpc) is 3.37. The molecule has 2 aromatic rings. The molecule has 0 aromatic carbocycles. The largest absolute Gasteiger partial charge is 0.298 e. The van der Waals surface area contributed by atoms with Gasteiger partial charge in [0.25, 0.3) is 11.1 Å². The number of hydrogen-bond acceptors (Lipinski definition) is 5. The van der Waals surface area contributed by atoms with Gasteiger partial charge in [-0.05, 0) is 45.2 Å². The Hall–Kier alpha value is -2.28. The van der Waals surface area contributed by atoms with Crippen LogP contribution in [0.1, 0.15) is 43.0 Å². The van der Waals surface area contributed by atoms with Gasteiger partial charge in [-0.1, -0.05) is 0 Å². The van der Waals surface area contributed by atoms with Crippen LogP contribution >= 0.6 is 0 Å². The summed E-state index contributed by atoms with van der Waals surface area (Å²) in [6.07, 6.45) is 6.15. The van der Waals surface area contributed by atoms with Gasteiger partial charge in [-0.25, -0.2) is 9.67 Å². The van der Waals surface area contributed by atoms with E-state index in [2.05, 4.69) is 15.0 Å². The van der Waals surface area contributed by atoms with Crippen LogP contribution in [-0.4, -0.2) is 43.4 Å². The van der Waals surface area contributed by atoms with Gasteiger partial charge in [-0.3, -0.25) is 19.1 Å². The topological polar surface area (TPSA) is 73.0 Å². The van der Waals surface area contributed by atoms with E-state index in [9.17, 15) is 9.59 Å². The first-order valence-corrected chi connectivity index (χ1v) is 9.45. The molecule has 1 unspecified atom stereocenters. The number of aryl methyl sites for hydroxylation is 1. The van der Waals surface area contributed by atoms with E-state index in [-0.39, 0.29) is 11.1 Å². The molecule has 138 valence electrons. The maximum Gasteiger partial charge on any atom is 0.266 e. The lowest BCUT2D eigenvalue weighted by Gasteiger charge is -2.25. The second-order valence-corrected chi connectivity index (χ2v) is 7.45. The van der Waals surface area contributed by atoms with Crippen LogP contribution in [0.15, 0.2) is 34.1 Å². The minimum absolute atomic E-state index is 0.0109. The molecule has 2 aromatic heterocycles. The second kappa shape index (κ2) is 7.15. The van der Waals surface area contributed by atoms with Gasteiger partial charge < -0.3 is 0 Å². The number of rotatable bonds is 6. The highest BCUT2D eigenvalue weighted by Gasteiger charge is 2.28. The summed E-state index contributed by atoms with van der Waals surface area (Å²) < 4.78 is 3.29. The molecule has 7 nitrogen and oxygen atoms in total. The number of nitrogens with zero attached hydrogens (tertiary/aromatic N) is 5. The van der Waals surface area contributed by atoms with Crippen LogP contribution in [0.25, 0.3) is 0 Å². The first kappa shape index (κ1) is 17.1. The summed E-state index contributed by atoms with van der Waals surface area (Å²) in [5, 5.41) is 4.59. The summed E-state index contributed by atoms with van der Waals surface area (Å²) in [6, 6.07) is 5.38. The van der Waals surface area contributed by atoms with E-state index < -0.39 is 0 Å². The van der Waals surface area contributed by atoms with Gasteiger partial charge in [0.05, 0.1) is 18.6 Å². The molecule has 0 N–H and O–H groups in total. The van der Waals surface area contributed by atoms with Crippen molar-refractivity contribution in [3.63, 3.8) is 0 Å². The molecule has 26 heavy (non-hydrogen) atoms. The lowest BCUT2D eigenvalue weighted by molar-refractivity contribution is 0.215. The van der Waals surface area contributed by atoms with Crippen LogP contribution < -0.4 is 11.1 Å². The third-order valence-corrected chi connectivity index (χ3v) is 5.41. The van der Waals surface area contributed by atoms with Crippen molar-refractivity contribution in [2.75, 3.05) is 13.1 Å². The Labute approximate surface area is 152 Å². The molecule has 1 aliphatic heterocycles. The van der Waals surface area contributed by atoms with Gasteiger partial charge in [0.2, 0.25) is 0 Å². The maximum atomic E-state index is 12.2. The fourth-order valence-corrected chi connectivity index (χ4v) is 3.71. The van der Waals surface area contributed by atoms with Gasteiger partial charge >= 0.3 is 0 Å². The smallest absolute Gasteiger partial charge is 0.266 e. The van der Waals surface area contributed by atoms with Gasteiger partial charge in [0.1, 0.15) is 0 Å². The van der Waals surface area contributed by atoms with Crippen LogP contribution in [-0.2, 0) is 13.1 Å². The molecule has 0 spiro atoms. The normalized spacial score (nSPS) is 20.6. The molecule has 1 atom stereocenters. The number of hydrogen-bond donors (Lipinski definition) is 0. The van der Waals surface area contributed by atoms with Crippen molar-refractivity contribution < 1.29 is 0 Å². The van der Waals surface area contributed by atoms with Crippen LogP contribution in [0, 0.1) is 6.92 Å². The highest BCUT2D eigenvalue weighted by Crippen LogP contribution is 2.38. The van der Waals surface area contributed by atoms with E-state index in [1.165, 1.54) is 12.8 Å². The second-order valence-electron chi connectivity index (χ2n) is 7.45. The monoisotopic (exact) mass is 355 g/mol. The molecule has 0 bridgehead atoms. The maximum absolute atomic E-state index is 12.2. The summed E-state index contributed by atoms with van der Waals surface area (Å²) in [5.74, 6) is 0.544. The molecular weight excluding hydrogens is 330 g/mol. The van der Waals surface area contributed by atoms with Crippen molar-refractivity contribution in [3.05, 3.63) is 56.6 Å². The number of likely N-dealkylation sites (tertiary alicyclic amines) is 1. The molecule has 1 saturated carbocycles. The first-order chi connectivity index (χ1) is 12.6. The van der Waals surface area contributed by atoms with Gasteiger partial charge in [0, 0.05) is 42.9 Å². The third-order valence-electron chi connectivity index (χ3n) is 5.41. The number of aromatic nitrogens is 4. The van der Waals surface area contributed by atoms with Crippen molar-refractivity contribution in [2.45, 2.75) is 57.7 Å². The molecular formula is C19H25N5O2. The van der Waals surface area contributed by atoms with Gasteiger partial charge in [0.15, 0.2) is 0 Å². The molecule has 0 radical (unpaired) electrons. The van der Waals surface area contributed by atoms with Crippen molar-refractivity contribution in [1.82, 2.24) is 24.2 Å². The summed E-state index contributed by atoms with van der Waals surface area (Å²) in [4.78, 5) is 30.8. The molecule has 2 fully saturated rings. The van der Waals surface area contributed by atoms with E-state index in [0.29, 0.717) is 25.0 Å². The standard InChI is InChI=1S/C19H25N5O2/c1-14-11-19(26)23(13-20-14)10-9-22-8-2-3-16(22)12-24-18(25)7-6-17(21-24)15-4-5-15/h6-7,11,13,15-16H,2-5,8-10,12H2,1H3. The lowest BCUT2D eigenvalue weighted by atomic mass is 10.2. The van der Waals surface area contributed by atoms with Crippen molar-refractivity contribution in [3.8, 4) is 0 Å². The summed E-state index contributed by atoms with van der Waals surface area (Å²) in [7, 11) is 0. The molecule has 7 heteroatoms. The van der Waals surface area contributed by atoms with E-state index in [0.717, 1.165) is 37.3 Å². The fraction of sp³-hybridized carbons (Fsp3) is 0.579. The van der Waals surface area contributed by atoms with Crippen LogP contribution in [0.5, 0.6) is 0 Å². The zero-order chi connectivity index (χ0) is 18.1. The van der Waals surface area contributed by atoms with E-state index in [1.54, 1.807) is 27.7 Å². The minimum Gasteiger partial charge on any atom is -0.298 e. The minimum atomic E-state index is -0.0276. The molecule has 0 amide bonds. The summed E-state index contributed by atoms with van der Waals surface area (Å²) in [5.41, 5.74) is 1.75. The summed E-state index contributed by atoms with van der Waals surface area (Å²) in [6.45, 7) is 4.85. The van der Waals surface area contributed by atoms with Crippen LogP contribution in [0.4, 0.5) is 0 Å². The SMILES string of the molecule is Cc1cc(=O)n(CCN2CCCC2Cn2nc(C3CC3)ccc2=O)cn1. The molecule has 4 rings (SSSR count). The van der Waals surface area contributed by atoms with E-state index >= 15 is 0 Å². The Kier molecular flexibility index (Phi) is 4.72. The quantitative estimate of drug-likeness (QED) is 0.777. The predicted molar refractivity (Wildman–Crippen MR) is 98.3 cm³/mol. The van der Waals surface area contributed by atoms with Gasteiger partial charge in [-0.15, -0.1) is 0 Å². The molecule has 2 aliphatic rings. The highest BCUT2D eigenvalue weighted by atomic mass is 16.1. The zero-order valence-corrected chi connectivity index (χ0v) is 15.2. The Morgan fingerprint density at radius 2 is 1.96 bits per heavy atom. The average molecular weight is 355 g/mol. The molecule has 1 aliphatic carbocycles. The van der Waals surface area contributed by atoms with E-state index in [4.69, 9.17) is 0 Å². The predicted octanol–water partition coefficient (Wildman–Crippen LogP) is 1.15. The fourth-order valence-electron chi connectivity index (χ4n) is 3.71. The molecule has 1 saturated heterocycles. The Morgan fingerprint density at radius 1 is 1.12 bits per heavy atom. The Bertz CT molecular complexity index is 899. The lowest BCUT2D eigenvalue weighted by Crippen LogP contribution is -2.39. The zero-order valence-electron chi connectivity index (χ0n) is 15.2. The van der Waals surface area contributed by atoms with E-state index in [1.807, 2.05) is 13.0 Å². The van der Waals surface area contributed by atoms with Gasteiger partial charge in [-0.2, -0.15) is 5.10 Å². The Balaban J connectivity index is 1.43. The summed E-state index contributed by atoms with van der Waals surface area (Å²) >= 11 is 0. The highest BCUT2D eigenvalue weighted by molar-refractivity contribution is 5.12. The van der Waals surface area contributed by atoms with Crippen LogP contribution in [0.3, 0.4) is 0 Å².